The molecule has 0 radical (unpaired) electrons. The molecule has 4 rings (SSSR count). The topological polar surface area (TPSA) is 49.4 Å². The summed E-state index contributed by atoms with van der Waals surface area (Å²) in [6, 6.07) is 19.2. The molecule has 0 bridgehead atoms. The highest BCUT2D eigenvalue weighted by molar-refractivity contribution is 8.00. The van der Waals surface area contributed by atoms with Crippen molar-refractivity contribution in [3.05, 3.63) is 94.8 Å². The number of hydrogen-bond acceptors (Lipinski definition) is 3. The molecule has 1 saturated heterocycles. The van der Waals surface area contributed by atoms with Crippen molar-refractivity contribution >= 4 is 35.0 Å². The van der Waals surface area contributed by atoms with Gasteiger partial charge in [-0.3, -0.25) is 14.5 Å². The van der Waals surface area contributed by atoms with Gasteiger partial charge >= 0.3 is 0 Å². The first-order chi connectivity index (χ1) is 14.5. The molecule has 0 unspecified atom stereocenters. The van der Waals surface area contributed by atoms with Crippen LogP contribution in [0.4, 0.5) is 15.8 Å². The number of carbonyl (C=O) groups is 2. The van der Waals surface area contributed by atoms with E-state index in [0.717, 1.165) is 22.4 Å². The molecular weight excluding hydrogens is 399 g/mol. The quantitative estimate of drug-likeness (QED) is 0.609. The number of hydrogen-bond donors (Lipinski definition) is 1. The molecule has 1 N–H and O–H groups in total. The molecule has 0 spiro atoms. The third-order valence-corrected chi connectivity index (χ3v) is 6.49. The zero-order valence-corrected chi connectivity index (χ0v) is 17.5. The lowest BCUT2D eigenvalue weighted by atomic mass is 10.1. The molecule has 0 aliphatic carbocycles. The van der Waals surface area contributed by atoms with Crippen LogP contribution in [0, 0.1) is 19.7 Å². The fourth-order valence-electron chi connectivity index (χ4n) is 3.50. The van der Waals surface area contributed by atoms with Crippen LogP contribution >= 0.6 is 11.8 Å². The minimum absolute atomic E-state index is 0.000352. The largest absolute Gasteiger partial charge is 0.322 e. The molecule has 3 aromatic carbocycles. The number of rotatable bonds is 4. The number of nitrogens with one attached hydrogen (secondary N) is 1. The van der Waals surface area contributed by atoms with Gasteiger partial charge in [-0.2, -0.15) is 0 Å². The molecule has 1 atom stereocenters. The van der Waals surface area contributed by atoms with Crippen molar-refractivity contribution in [2.24, 2.45) is 0 Å². The number of amides is 2. The maximum absolute atomic E-state index is 13.8. The summed E-state index contributed by atoms with van der Waals surface area (Å²) in [5.74, 6) is -0.556. The van der Waals surface area contributed by atoms with Crippen LogP contribution in [0.5, 0.6) is 0 Å². The van der Waals surface area contributed by atoms with Gasteiger partial charge in [0.2, 0.25) is 5.91 Å². The fourth-order valence-corrected chi connectivity index (χ4v) is 4.67. The summed E-state index contributed by atoms with van der Waals surface area (Å²) in [4.78, 5) is 26.8. The Labute approximate surface area is 179 Å². The van der Waals surface area contributed by atoms with Crippen LogP contribution in [-0.4, -0.2) is 17.6 Å². The first-order valence-corrected chi connectivity index (χ1v) is 10.7. The van der Waals surface area contributed by atoms with Crippen molar-refractivity contribution in [3.8, 4) is 0 Å². The normalized spacial score (nSPS) is 16.0. The summed E-state index contributed by atoms with van der Waals surface area (Å²) in [6.07, 6.45) is 0. The van der Waals surface area contributed by atoms with Crippen LogP contribution in [0.25, 0.3) is 0 Å². The summed E-state index contributed by atoms with van der Waals surface area (Å²) in [5, 5.41) is 2.59. The maximum atomic E-state index is 13.8. The van der Waals surface area contributed by atoms with E-state index < -0.39 is 11.7 Å². The van der Waals surface area contributed by atoms with Crippen molar-refractivity contribution in [3.63, 3.8) is 0 Å². The van der Waals surface area contributed by atoms with E-state index in [4.69, 9.17) is 0 Å². The molecular formula is C24H21FN2O2S. The second kappa shape index (κ2) is 8.32. The van der Waals surface area contributed by atoms with Crippen molar-refractivity contribution in [2.45, 2.75) is 19.2 Å². The van der Waals surface area contributed by atoms with E-state index in [1.165, 1.54) is 12.1 Å². The van der Waals surface area contributed by atoms with E-state index in [-0.39, 0.29) is 16.8 Å². The maximum Gasteiger partial charge on any atom is 0.258 e. The van der Waals surface area contributed by atoms with E-state index in [0.29, 0.717) is 11.4 Å². The van der Waals surface area contributed by atoms with Crippen LogP contribution in [-0.2, 0) is 4.79 Å². The summed E-state index contributed by atoms with van der Waals surface area (Å²) >= 11 is 1.58. The van der Waals surface area contributed by atoms with E-state index in [2.05, 4.69) is 5.32 Å². The second-order valence-corrected chi connectivity index (χ2v) is 8.27. The molecule has 0 saturated carbocycles. The van der Waals surface area contributed by atoms with Gasteiger partial charge in [0.1, 0.15) is 11.2 Å². The second-order valence-electron chi connectivity index (χ2n) is 7.20. The Hall–Kier alpha value is -3.12. The summed E-state index contributed by atoms with van der Waals surface area (Å²) in [5.41, 5.74) is 4.69. The zero-order chi connectivity index (χ0) is 21.3. The SMILES string of the molecule is Cc1cccc(N2C(=O)CS[C@@H]2c2ccc(NC(=O)c3ccccc3F)cc2)c1C. The monoisotopic (exact) mass is 420 g/mol. The molecule has 1 aliphatic heterocycles. The van der Waals surface area contributed by atoms with Crippen LogP contribution < -0.4 is 10.2 Å². The van der Waals surface area contributed by atoms with Gasteiger partial charge in [0.05, 0.1) is 11.3 Å². The highest BCUT2D eigenvalue weighted by Crippen LogP contribution is 2.43. The van der Waals surface area contributed by atoms with Gasteiger partial charge in [-0.25, -0.2) is 4.39 Å². The van der Waals surface area contributed by atoms with Gasteiger partial charge in [-0.15, -0.1) is 11.8 Å². The number of nitrogens with zero attached hydrogens (tertiary/aromatic N) is 1. The number of benzene rings is 3. The Balaban J connectivity index is 1.56. The van der Waals surface area contributed by atoms with Crippen molar-refractivity contribution in [1.29, 1.82) is 0 Å². The van der Waals surface area contributed by atoms with Crippen molar-refractivity contribution in [2.75, 3.05) is 16.0 Å². The average Bonchev–Trinajstić information content (AvgIpc) is 3.12. The van der Waals surface area contributed by atoms with Gasteiger partial charge in [0, 0.05) is 11.4 Å². The van der Waals surface area contributed by atoms with Crippen LogP contribution in [0.2, 0.25) is 0 Å². The molecule has 6 heteroatoms. The summed E-state index contributed by atoms with van der Waals surface area (Å²) < 4.78 is 13.8. The van der Waals surface area contributed by atoms with Gasteiger partial charge in [0.15, 0.2) is 0 Å². The number of anilines is 2. The van der Waals surface area contributed by atoms with Crippen LogP contribution in [0.1, 0.15) is 32.4 Å². The summed E-state index contributed by atoms with van der Waals surface area (Å²) in [7, 11) is 0. The summed E-state index contributed by atoms with van der Waals surface area (Å²) in [6.45, 7) is 4.06. The molecule has 152 valence electrons. The molecule has 4 nitrogen and oxygen atoms in total. The Morgan fingerprint density at radius 3 is 2.50 bits per heavy atom. The highest BCUT2D eigenvalue weighted by Gasteiger charge is 2.34. The first kappa shape index (κ1) is 20.2. The fraction of sp³-hybridized carbons (Fsp3) is 0.167. The predicted octanol–water partition coefficient (Wildman–Crippen LogP) is 5.47. The Morgan fingerprint density at radius 2 is 1.77 bits per heavy atom. The van der Waals surface area contributed by atoms with Gasteiger partial charge in [-0.05, 0) is 60.9 Å². The molecule has 1 heterocycles. The predicted molar refractivity (Wildman–Crippen MR) is 119 cm³/mol. The molecule has 2 amide bonds. The Morgan fingerprint density at radius 1 is 1.03 bits per heavy atom. The van der Waals surface area contributed by atoms with E-state index in [1.807, 2.05) is 49.1 Å². The lowest BCUT2D eigenvalue weighted by Gasteiger charge is -2.26. The van der Waals surface area contributed by atoms with Gasteiger partial charge < -0.3 is 5.32 Å². The number of aryl methyl sites for hydroxylation is 1. The minimum atomic E-state index is -0.559. The molecule has 3 aromatic rings. The molecule has 0 aromatic heterocycles. The third kappa shape index (κ3) is 3.83. The Bertz CT molecular complexity index is 1110. The smallest absolute Gasteiger partial charge is 0.258 e. The van der Waals surface area contributed by atoms with Gasteiger partial charge in [0.25, 0.3) is 5.91 Å². The minimum Gasteiger partial charge on any atom is -0.322 e. The van der Waals surface area contributed by atoms with Crippen molar-refractivity contribution in [1.82, 2.24) is 0 Å². The number of halogens is 1. The third-order valence-electron chi connectivity index (χ3n) is 5.28. The number of carbonyl (C=O) groups excluding carboxylic acids is 2. The van der Waals surface area contributed by atoms with Crippen LogP contribution in [0.3, 0.4) is 0 Å². The lowest BCUT2D eigenvalue weighted by Crippen LogP contribution is -2.28. The van der Waals surface area contributed by atoms with Crippen molar-refractivity contribution < 1.29 is 14.0 Å². The van der Waals surface area contributed by atoms with Crippen LogP contribution in [0.15, 0.2) is 66.7 Å². The highest BCUT2D eigenvalue weighted by atomic mass is 32.2. The molecule has 1 aliphatic rings. The molecule has 30 heavy (non-hydrogen) atoms. The average molecular weight is 421 g/mol. The Kier molecular flexibility index (Phi) is 5.59. The first-order valence-electron chi connectivity index (χ1n) is 9.61. The number of thioether (sulfide) groups is 1. The van der Waals surface area contributed by atoms with E-state index in [1.54, 1.807) is 36.0 Å². The molecule has 1 fully saturated rings. The van der Waals surface area contributed by atoms with E-state index >= 15 is 0 Å². The lowest BCUT2D eigenvalue weighted by molar-refractivity contribution is -0.115. The standard InChI is InChI=1S/C24H21FN2O2S/c1-15-6-5-9-21(16(15)2)27-22(28)14-30-24(27)17-10-12-18(13-11-17)26-23(29)19-7-3-4-8-20(19)25/h3-13,24H,14H2,1-2H3,(H,26,29)/t24-/m1/s1. The zero-order valence-electron chi connectivity index (χ0n) is 16.7. The van der Waals surface area contributed by atoms with E-state index in [9.17, 15) is 14.0 Å². The van der Waals surface area contributed by atoms with Gasteiger partial charge in [-0.1, -0.05) is 36.4 Å².